The second-order valence-corrected chi connectivity index (χ2v) is 8.17. The molecule has 0 atom stereocenters. The predicted octanol–water partition coefficient (Wildman–Crippen LogP) is 2.41. The van der Waals surface area contributed by atoms with Crippen molar-refractivity contribution in [1.29, 1.82) is 0 Å². The summed E-state index contributed by atoms with van der Waals surface area (Å²) < 4.78 is 33.3. The van der Waals surface area contributed by atoms with E-state index in [1.54, 1.807) is 18.2 Å². The maximum absolute atomic E-state index is 13.1. The maximum Gasteiger partial charge on any atom is 0.250 e. The first-order chi connectivity index (χ1) is 10.8. The fourth-order valence-electron chi connectivity index (χ4n) is 3.09. The van der Waals surface area contributed by atoms with Crippen LogP contribution in [0.25, 0.3) is 11.5 Å². The molecule has 3 rings (SSSR count). The van der Waals surface area contributed by atoms with Crippen LogP contribution in [-0.2, 0) is 10.0 Å². The Morgan fingerprint density at radius 2 is 1.78 bits per heavy atom. The van der Waals surface area contributed by atoms with Gasteiger partial charge in [-0.1, -0.05) is 6.92 Å². The zero-order valence-electron chi connectivity index (χ0n) is 13.9. The lowest BCUT2D eigenvalue weighted by molar-refractivity contribution is 0.288. The van der Waals surface area contributed by atoms with Gasteiger partial charge in [-0.05, 0) is 32.6 Å². The van der Waals surface area contributed by atoms with Crippen LogP contribution < -0.4 is 0 Å². The lowest BCUT2D eigenvalue weighted by Crippen LogP contribution is -2.38. The van der Waals surface area contributed by atoms with Crippen LogP contribution in [0.15, 0.2) is 9.31 Å². The Balaban J connectivity index is 2.09. The molecule has 0 saturated carbocycles. The molecule has 0 bridgehead atoms. The van der Waals surface area contributed by atoms with E-state index < -0.39 is 10.0 Å². The number of sulfonamides is 1. The number of piperidine rings is 1. The Kier molecular flexibility index (Phi) is 4.05. The van der Waals surface area contributed by atoms with Crippen molar-refractivity contribution in [2.75, 3.05) is 13.1 Å². The van der Waals surface area contributed by atoms with Gasteiger partial charge in [0.05, 0.1) is 5.56 Å². The minimum Gasteiger partial charge on any atom is -0.421 e. The molecule has 1 saturated heterocycles. The molecule has 0 amide bonds. The largest absolute Gasteiger partial charge is 0.421 e. The first-order valence-electron chi connectivity index (χ1n) is 7.80. The summed E-state index contributed by atoms with van der Waals surface area (Å²) in [5.74, 6) is 1.22. The van der Waals surface area contributed by atoms with Gasteiger partial charge in [0, 0.05) is 31.4 Å². The zero-order valence-corrected chi connectivity index (χ0v) is 14.7. The Morgan fingerprint density at radius 1 is 1.13 bits per heavy atom. The highest BCUT2D eigenvalue weighted by molar-refractivity contribution is 7.89. The van der Waals surface area contributed by atoms with Gasteiger partial charge in [0.1, 0.15) is 4.90 Å². The molecule has 0 aromatic carbocycles. The number of aryl methyl sites for hydroxylation is 3. The Morgan fingerprint density at radius 3 is 2.35 bits per heavy atom. The average Bonchev–Trinajstić information content (AvgIpc) is 3.02. The number of nitrogens with zero attached hydrogens (tertiary/aromatic N) is 3. The van der Waals surface area contributed by atoms with Gasteiger partial charge in [0.2, 0.25) is 15.9 Å². The normalized spacial score (nSPS) is 17.7. The SMILES string of the molecule is Cc1nnc(-c2c(C)[nH]c(C)c2S(=O)(=O)N2CCC(C)CC2)o1. The van der Waals surface area contributed by atoms with E-state index >= 15 is 0 Å². The molecule has 1 fully saturated rings. The molecule has 0 radical (unpaired) electrons. The number of nitrogens with one attached hydrogen (secondary N) is 1. The van der Waals surface area contributed by atoms with Crippen molar-refractivity contribution >= 4 is 10.0 Å². The van der Waals surface area contributed by atoms with E-state index in [0.29, 0.717) is 36.2 Å². The molecule has 7 nitrogen and oxygen atoms in total. The average molecular weight is 338 g/mol. The molecule has 0 spiro atoms. The Bertz CT molecular complexity index is 814. The fraction of sp³-hybridized carbons (Fsp3) is 0.600. The van der Waals surface area contributed by atoms with Crippen molar-refractivity contribution in [3.63, 3.8) is 0 Å². The summed E-state index contributed by atoms with van der Waals surface area (Å²) >= 11 is 0. The minimum absolute atomic E-state index is 0.244. The van der Waals surface area contributed by atoms with E-state index in [1.807, 2.05) is 6.92 Å². The highest BCUT2D eigenvalue weighted by Crippen LogP contribution is 2.35. The Hall–Kier alpha value is -1.67. The van der Waals surface area contributed by atoms with E-state index in [4.69, 9.17) is 4.42 Å². The van der Waals surface area contributed by atoms with E-state index in [1.165, 1.54) is 0 Å². The number of rotatable bonds is 3. The van der Waals surface area contributed by atoms with Crippen molar-refractivity contribution in [2.45, 2.75) is 45.4 Å². The third-order valence-corrected chi connectivity index (χ3v) is 6.47. The van der Waals surface area contributed by atoms with E-state index in [2.05, 4.69) is 22.1 Å². The molecule has 23 heavy (non-hydrogen) atoms. The van der Waals surface area contributed by atoms with Crippen molar-refractivity contribution in [3.05, 3.63) is 17.3 Å². The van der Waals surface area contributed by atoms with Crippen LogP contribution in [0.2, 0.25) is 0 Å². The third kappa shape index (κ3) is 2.81. The highest BCUT2D eigenvalue weighted by Gasteiger charge is 2.34. The van der Waals surface area contributed by atoms with Crippen molar-refractivity contribution in [1.82, 2.24) is 19.5 Å². The minimum atomic E-state index is -3.59. The lowest BCUT2D eigenvalue weighted by Gasteiger charge is -2.29. The van der Waals surface area contributed by atoms with Crippen LogP contribution in [0.5, 0.6) is 0 Å². The maximum atomic E-state index is 13.1. The number of hydrogen-bond donors (Lipinski definition) is 1. The van der Waals surface area contributed by atoms with E-state index in [-0.39, 0.29) is 10.8 Å². The smallest absolute Gasteiger partial charge is 0.250 e. The topological polar surface area (TPSA) is 92.1 Å². The van der Waals surface area contributed by atoms with Crippen LogP contribution in [0.1, 0.15) is 37.0 Å². The lowest BCUT2D eigenvalue weighted by atomic mass is 10.0. The first-order valence-corrected chi connectivity index (χ1v) is 9.24. The molecule has 1 N–H and O–H groups in total. The number of H-pyrrole nitrogens is 1. The summed E-state index contributed by atoms with van der Waals surface area (Å²) in [6, 6.07) is 0. The van der Waals surface area contributed by atoms with Crippen molar-refractivity contribution < 1.29 is 12.8 Å². The summed E-state index contributed by atoms with van der Waals surface area (Å²) in [6.45, 7) is 8.52. The van der Waals surface area contributed by atoms with Crippen LogP contribution >= 0.6 is 0 Å². The summed E-state index contributed by atoms with van der Waals surface area (Å²) in [5.41, 5.74) is 1.81. The van der Waals surface area contributed by atoms with Gasteiger partial charge < -0.3 is 9.40 Å². The molecule has 0 unspecified atom stereocenters. The Labute approximate surface area is 136 Å². The van der Waals surface area contributed by atoms with Gasteiger partial charge >= 0.3 is 0 Å². The quantitative estimate of drug-likeness (QED) is 0.928. The van der Waals surface area contributed by atoms with E-state index in [0.717, 1.165) is 18.5 Å². The van der Waals surface area contributed by atoms with Gasteiger partial charge in [0.25, 0.3) is 5.89 Å². The summed E-state index contributed by atoms with van der Waals surface area (Å²) in [4.78, 5) is 3.36. The zero-order chi connectivity index (χ0) is 16.8. The molecular weight excluding hydrogens is 316 g/mol. The predicted molar refractivity (Wildman–Crippen MR) is 85.5 cm³/mol. The van der Waals surface area contributed by atoms with Gasteiger partial charge in [-0.3, -0.25) is 0 Å². The molecule has 8 heteroatoms. The van der Waals surface area contributed by atoms with Crippen molar-refractivity contribution in [3.8, 4) is 11.5 Å². The summed E-state index contributed by atoms with van der Waals surface area (Å²) in [6.07, 6.45) is 1.77. The van der Waals surface area contributed by atoms with Crippen LogP contribution in [0.3, 0.4) is 0 Å². The number of aromatic nitrogens is 3. The second-order valence-electron chi connectivity index (χ2n) is 6.29. The molecule has 3 heterocycles. The first kappa shape index (κ1) is 16.2. The highest BCUT2D eigenvalue weighted by atomic mass is 32.2. The molecule has 2 aromatic rings. The van der Waals surface area contributed by atoms with Gasteiger partial charge in [-0.25, -0.2) is 8.42 Å². The summed E-state index contributed by atoms with van der Waals surface area (Å²) in [5, 5.41) is 7.82. The third-order valence-electron chi connectivity index (χ3n) is 4.40. The van der Waals surface area contributed by atoms with Crippen LogP contribution in [-0.4, -0.2) is 41.0 Å². The molecule has 126 valence electrons. The molecular formula is C15H22N4O3S. The molecule has 1 aliphatic heterocycles. The van der Waals surface area contributed by atoms with Crippen LogP contribution in [0, 0.1) is 26.7 Å². The standard InChI is InChI=1S/C15H22N4O3S/c1-9-5-7-19(8-6-9)23(20,21)14-11(3)16-10(2)13(14)15-18-17-12(4)22-15/h9,16H,5-8H2,1-4H3. The molecule has 0 aliphatic carbocycles. The molecule has 2 aromatic heterocycles. The second kappa shape index (κ2) is 5.76. The number of aromatic amines is 1. The van der Waals surface area contributed by atoms with Gasteiger partial charge in [-0.2, -0.15) is 4.31 Å². The number of hydrogen-bond acceptors (Lipinski definition) is 5. The van der Waals surface area contributed by atoms with E-state index in [9.17, 15) is 8.42 Å². The van der Waals surface area contributed by atoms with Crippen molar-refractivity contribution in [2.24, 2.45) is 5.92 Å². The monoisotopic (exact) mass is 338 g/mol. The van der Waals surface area contributed by atoms with Gasteiger partial charge in [-0.15, -0.1) is 10.2 Å². The summed E-state index contributed by atoms with van der Waals surface area (Å²) in [7, 11) is -3.59. The molecule has 1 aliphatic rings. The van der Waals surface area contributed by atoms with Gasteiger partial charge in [0.15, 0.2) is 0 Å². The van der Waals surface area contributed by atoms with Crippen LogP contribution in [0.4, 0.5) is 0 Å². The fourth-order valence-corrected chi connectivity index (χ4v) is 4.98.